The van der Waals surface area contributed by atoms with Gasteiger partial charge in [0.25, 0.3) is 11.8 Å². The number of aromatic nitrogens is 1. The van der Waals surface area contributed by atoms with Crippen LogP contribution < -0.4 is 10.1 Å². The average Bonchev–Trinajstić information content (AvgIpc) is 2.96. The van der Waals surface area contributed by atoms with Gasteiger partial charge < -0.3 is 15.0 Å². The Hall–Kier alpha value is -3.42. The zero-order valence-electron chi connectivity index (χ0n) is 19.7. The summed E-state index contributed by atoms with van der Waals surface area (Å²) >= 11 is 6.37. The van der Waals surface area contributed by atoms with Gasteiger partial charge in [0.15, 0.2) is 11.4 Å². The first-order valence-electron chi connectivity index (χ1n) is 11.7. The molecule has 2 aromatic carbocycles. The molecular weight excluding hydrogens is 464 g/mol. The summed E-state index contributed by atoms with van der Waals surface area (Å²) in [5.41, 5.74) is 1.88. The Morgan fingerprint density at radius 2 is 1.83 bits per heavy atom. The van der Waals surface area contributed by atoms with E-state index in [1.165, 1.54) is 0 Å². The molecule has 1 aromatic heterocycles. The molecule has 0 unspecified atom stereocenters. The molecule has 2 aliphatic rings. The van der Waals surface area contributed by atoms with Gasteiger partial charge in [-0.05, 0) is 49.7 Å². The molecule has 1 saturated heterocycles. The highest BCUT2D eigenvalue weighted by atomic mass is 35.5. The van der Waals surface area contributed by atoms with E-state index in [4.69, 9.17) is 16.3 Å². The van der Waals surface area contributed by atoms with Crippen molar-refractivity contribution in [3.8, 4) is 5.75 Å². The molecule has 2 amide bonds. The maximum absolute atomic E-state index is 13.5. The standard InChI is InChI=1S/C27H27ClN4O3/c1-18(2)32-17-27(15-31(16-27)14-20-6-3-4-8-22(20)28)35-24-21(26(32)34)7-5-9-23(24)30-25(33)19-10-12-29-13-11-19/h3-13,18H,14-17H2,1-2H3,(H,30,33). The number of anilines is 1. The van der Waals surface area contributed by atoms with Crippen molar-refractivity contribution in [1.82, 2.24) is 14.8 Å². The topological polar surface area (TPSA) is 74.8 Å². The normalized spacial score (nSPS) is 16.9. The van der Waals surface area contributed by atoms with Crippen molar-refractivity contribution in [1.29, 1.82) is 0 Å². The third-order valence-corrected chi connectivity index (χ3v) is 6.84. The lowest BCUT2D eigenvalue weighted by atomic mass is 9.92. The van der Waals surface area contributed by atoms with Gasteiger partial charge in [-0.1, -0.05) is 35.9 Å². The molecule has 3 aromatic rings. The second-order valence-corrected chi connectivity index (χ2v) is 9.83. The first-order chi connectivity index (χ1) is 16.8. The summed E-state index contributed by atoms with van der Waals surface area (Å²) in [4.78, 5) is 34.5. The molecule has 7 nitrogen and oxygen atoms in total. The van der Waals surface area contributed by atoms with E-state index >= 15 is 0 Å². The van der Waals surface area contributed by atoms with Crippen LogP contribution in [0.2, 0.25) is 5.02 Å². The minimum absolute atomic E-state index is 0.00149. The minimum Gasteiger partial charge on any atom is -0.480 e. The van der Waals surface area contributed by atoms with E-state index in [1.54, 1.807) is 42.7 Å². The Bertz CT molecular complexity index is 1260. The fourth-order valence-corrected chi connectivity index (χ4v) is 4.92. The molecule has 1 N–H and O–H groups in total. The summed E-state index contributed by atoms with van der Waals surface area (Å²) in [5, 5.41) is 3.67. The Kier molecular flexibility index (Phi) is 6.21. The average molecular weight is 491 g/mol. The maximum atomic E-state index is 13.5. The van der Waals surface area contributed by atoms with Gasteiger partial charge in [-0.2, -0.15) is 0 Å². The first-order valence-corrected chi connectivity index (χ1v) is 12.0. The van der Waals surface area contributed by atoms with Crippen LogP contribution in [-0.2, 0) is 6.54 Å². The third kappa shape index (κ3) is 4.61. The smallest absolute Gasteiger partial charge is 0.258 e. The van der Waals surface area contributed by atoms with Crippen LogP contribution in [0.25, 0.3) is 0 Å². The molecule has 35 heavy (non-hydrogen) atoms. The van der Waals surface area contributed by atoms with Crippen LogP contribution in [-0.4, -0.2) is 57.9 Å². The lowest BCUT2D eigenvalue weighted by Crippen LogP contribution is -2.69. The van der Waals surface area contributed by atoms with Crippen LogP contribution in [0.4, 0.5) is 5.69 Å². The van der Waals surface area contributed by atoms with Crippen molar-refractivity contribution in [2.45, 2.75) is 32.0 Å². The van der Waals surface area contributed by atoms with Crippen LogP contribution in [0.1, 0.15) is 40.1 Å². The van der Waals surface area contributed by atoms with Crippen LogP contribution in [0.3, 0.4) is 0 Å². The van der Waals surface area contributed by atoms with Gasteiger partial charge in [-0.3, -0.25) is 19.5 Å². The number of fused-ring (bicyclic) bond motifs is 1. The van der Waals surface area contributed by atoms with Crippen molar-refractivity contribution in [2.24, 2.45) is 0 Å². The summed E-state index contributed by atoms with van der Waals surface area (Å²) in [6.07, 6.45) is 3.13. The molecule has 8 heteroatoms. The first kappa shape index (κ1) is 23.3. The molecule has 2 aliphatic heterocycles. The van der Waals surface area contributed by atoms with E-state index < -0.39 is 5.60 Å². The van der Waals surface area contributed by atoms with Crippen molar-refractivity contribution >= 4 is 29.1 Å². The van der Waals surface area contributed by atoms with E-state index in [2.05, 4.69) is 15.2 Å². The van der Waals surface area contributed by atoms with Crippen molar-refractivity contribution in [3.63, 3.8) is 0 Å². The number of nitrogens with one attached hydrogen (secondary N) is 1. The summed E-state index contributed by atoms with van der Waals surface area (Å²) in [6, 6.07) is 16.4. The molecule has 0 radical (unpaired) electrons. The predicted octanol–water partition coefficient (Wildman–Crippen LogP) is 4.48. The van der Waals surface area contributed by atoms with Crippen molar-refractivity contribution in [2.75, 3.05) is 25.0 Å². The number of ether oxygens (including phenoxy) is 1. The van der Waals surface area contributed by atoms with E-state index in [0.717, 1.165) is 10.6 Å². The summed E-state index contributed by atoms with van der Waals surface area (Å²) < 4.78 is 6.63. The van der Waals surface area contributed by atoms with E-state index in [1.807, 2.05) is 43.0 Å². The Morgan fingerprint density at radius 1 is 1.09 bits per heavy atom. The zero-order valence-corrected chi connectivity index (χ0v) is 20.5. The lowest BCUT2D eigenvalue weighted by molar-refractivity contribution is -0.0924. The van der Waals surface area contributed by atoms with Gasteiger partial charge in [0.1, 0.15) is 0 Å². The summed E-state index contributed by atoms with van der Waals surface area (Å²) in [5.74, 6) is 0.0294. The quantitative estimate of drug-likeness (QED) is 0.570. The fourth-order valence-electron chi connectivity index (χ4n) is 4.73. The molecule has 0 aliphatic carbocycles. The van der Waals surface area contributed by atoms with Gasteiger partial charge in [-0.15, -0.1) is 0 Å². The monoisotopic (exact) mass is 490 g/mol. The van der Waals surface area contributed by atoms with E-state index in [9.17, 15) is 9.59 Å². The molecule has 0 atom stereocenters. The molecule has 0 saturated carbocycles. The summed E-state index contributed by atoms with van der Waals surface area (Å²) in [7, 11) is 0. The van der Waals surface area contributed by atoms with Gasteiger partial charge in [-0.25, -0.2) is 0 Å². The van der Waals surface area contributed by atoms with Crippen LogP contribution in [0.15, 0.2) is 67.0 Å². The Labute approximate surface area is 209 Å². The second-order valence-electron chi connectivity index (χ2n) is 9.42. The predicted molar refractivity (Wildman–Crippen MR) is 135 cm³/mol. The van der Waals surface area contributed by atoms with Gasteiger partial charge in [0.2, 0.25) is 0 Å². The van der Waals surface area contributed by atoms with Crippen LogP contribution >= 0.6 is 11.6 Å². The lowest BCUT2D eigenvalue weighted by Gasteiger charge is -2.51. The Balaban J connectivity index is 1.44. The molecule has 5 rings (SSSR count). The number of benzene rings is 2. The number of carbonyl (C=O) groups excluding carboxylic acids is 2. The van der Waals surface area contributed by atoms with Gasteiger partial charge in [0, 0.05) is 48.7 Å². The molecule has 1 spiro atoms. The largest absolute Gasteiger partial charge is 0.480 e. The van der Waals surface area contributed by atoms with Crippen molar-refractivity contribution in [3.05, 3.63) is 88.7 Å². The number of likely N-dealkylation sites (tertiary alicyclic amines) is 1. The van der Waals surface area contributed by atoms with Crippen LogP contribution in [0.5, 0.6) is 5.75 Å². The molecule has 3 heterocycles. The molecular formula is C27H27ClN4O3. The third-order valence-electron chi connectivity index (χ3n) is 6.47. The molecule has 1 fully saturated rings. The highest BCUT2D eigenvalue weighted by Crippen LogP contribution is 2.40. The Morgan fingerprint density at radius 3 is 2.54 bits per heavy atom. The number of hydrogen-bond acceptors (Lipinski definition) is 5. The number of carbonyl (C=O) groups is 2. The number of pyridine rings is 1. The highest BCUT2D eigenvalue weighted by Gasteiger charge is 2.50. The maximum Gasteiger partial charge on any atom is 0.258 e. The minimum atomic E-state index is -0.579. The van der Waals surface area contributed by atoms with Crippen LogP contribution in [0, 0.1) is 0 Å². The van der Waals surface area contributed by atoms with Gasteiger partial charge >= 0.3 is 0 Å². The van der Waals surface area contributed by atoms with Crippen molar-refractivity contribution < 1.29 is 14.3 Å². The zero-order chi connectivity index (χ0) is 24.6. The second kappa shape index (κ2) is 9.32. The number of halogens is 1. The van der Waals surface area contributed by atoms with E-state index in [-0.39, 0.29) is 17.9 Å². The molecule has 180 valence electrons. The SMILES string of the molecule is CC(C)N1CC2(CN(Cc3ccccc3Cl)C2)Oc2c(NC(=O)c3ccncc3)cccc2C1=O. The number of rotatable bonds is 5. The number of hydrogen-bond donors (Lipinski definition) is 1. The molecule has 0 bridgehead atoms. The number of nitrogens with zero attached hydrogens (tertiary/aromatic N) is 3. The fraction of sp³-hybridized carbons (Fsp3) is 0.296. The highest BCUT2D eigenvalue weighted by molar-refractivity contribution is 6.31. The van der Waals surface area contributed by atoms with Gasteiger partial charge in [0.05, 0.1) is 17.8 Å². The van der Waals surface area contributed by atoms with E-state index in [0.29, 0.717) is 48.7 Å². The number of amides is 2. The summed E-state index contributed by atoms with van der Waals surface area (Å²) in [6.45, 7) is 6.46. The number of para-hydroxylation sites is 1.